The predicted octanol–water partition coefficient (Wildman–Crippen LogP) is 6.81. The van der Waals surface area contributed by atoms with Crippen molar-refractivity contribution in [3.63, 3.8) is 0 Å². The fourth-order valence-corrected chi connectivity index (χ4v) is 4.38. The summed E-state index contributed by atoms with van der Waals surface area (Å²) in [7, 11) is 0. The molecule has 0 aliphatic rings. The Morgan fingerprint density at radius 1 is 1.00 bits per heavy atom. The molecule has 0 radical (unpaired) electrons. The summed E-state index contributed by atoms with van der Waals surface area (Å²) in [5.74, 6) is 2.36. The third-order valence-corrected chi connectivity index (χ3v) is 6.58. The highest BCUT2D eigenvalue weighted by Crippen LogP contribution is 2.20. The van der Waals surface area contributed by atoms with Crippen LogP contribution in [0, 0.1) is 5.92 Å². The summed E-state index contributed by atoms with van der Waals surface area (Å²) in [6, 6.07) is 15.9. The first-order valence-electron chi connectivity index (χ1n) is 12.7. The maximum atomic E-state index is 12.1. The first kappa shape index (κ1) is 26.1. The second kappa shape index (κ2) is 14.0. The lowest BCUT2D eigenvalue weighted by Crippen LogP contribution is -2.30. The highest BCUT2D eigenvalue weighted by atomic mass is 35.5. The summed E-state index contributed by atoms with van der Waals surface area (Å²) >= 11 is 5.93. The number of aromatic nitrogens is 2. The number of aryl methyl sites for hydroxylation is 2. The highest BCUT2D eigenvalue weighted by molar-refractivity contribution is 6.30. The highest BCUT2D eigenvalue weighted by Gasteiger charge is 2.13. The predicted molar refractivity (Wildman–Crippen MR) is 141 cm³/mol. The Labute approximate surface area is 208 Å². The molecule has 3 rings (SSSR count). The number of amides is 1. The van der Waals surface area contributed by atoms with E-state index in [0.29, 0.717) is 6.61 Å². The number of carbonyl (C=O) groups excluding carboxylic acids is 1. The zero-order chi connectivity index (χ0) is 24.2. The molecule has 6 heteroatoms. The van der Waals surface area contributed by atoms with E-state index >= 15 is 0 Å². The minimum atomic E-state index is 0.150. The number of halogens is 1. The average molecular weight is 484 g/mol. The Morgan fingerprint density at radius 3 is 2.53 bits per heavy atom. The largest absolute Gasteiger partial charge is 0.494 e. The summed E-state index contributed by atoms with van der Waals surface area (Å²) in [5, 5.41) is 3.81. The molecule has 0 saturated carbocycles. The molecule has 0 unspecified atom stereocenters. The summed E-state index contributed by atoms with van der Waals surface area (Å²) in [5.41, 5.74) is 2.26. The molecule has 0 spiro atoms. The van der Waals surface area contributed by atoms with Crippen LogP contribution in [0.25, 0.3) is 11.0 Å². The monoisotopic (exact) mass is 483 g/mol. The lowest BCUT2D eigenvalue weighted by atomic mass is 10.0. The van der Waals surface area contributed by atoms with Gasteiger partial charge >= 0.3 is 0 Å². The van der Waals surface area contributed by atoms with Crippen LogP contribution in [0.1, 0.15) is 64.6 Å². The molecule has 0 aliphatic carbocycles. The minimum Gasteiger partial charge on any atom is -0.494 e. The van der Waals surface area contributed by atoms with Crippen molar-refractivity contribution in [2.24, 2.45) is 5.92 Å². The number of para-hydroxylation sites is 2. The number of nitrogens with zero attached hydrogens (tertiary/aromatic N) is 2. The van der Waals surface area contributed by atoms with Gasteiger partial charge in [-0.15, -0.1) is 0 Å². The number of nitrogens with one attached hydrogen (secondary N) is 1. The molecule has 1 aromatic heterocycles. The van der Waals surface area contributed by atoms with E-state index < -0.39 is 0 Å². The van der Waals surface area contributed by atoms with Crippen LogP contribution in [-0.2, 0) is 17.8 Å². The number of fused-ring (bicyclic) bond motifs is 1. The van der Waals surface area contributed by atoms with Crippen LogP contribution in [0.5, 0.6) is 5.75 Å². The number of imidazole rings is 1. The molecule has 5 nitrogen and oxygen atoms in total. The second-order valence-corrected chi connectivity index (χ2v) is 9.23. The quantitative estimate of drug-likeness (QED) is 0.241. The van der Waals surface area contributed by atoms with E-state index in [4.69, 9.17) is 21.3 Å². The molecule has 0 bridgehead atoms. The lowest BCUT2D eigenvalue weighted by Gasteiger charge is -2.12. The maximum Gasteiger partial charge on any atom is 0.223 e. The first-order valence-corrected chi connectivity index (χ1v) is 13.1. The zero-order valence-electron chi connectivity index (χ0n) is 20.6. The van der Waals surface area contributed by atoms with E-state index in [1.807, 2.05) is 30.3 Å². The van der Waals surface area contributed by atoms with Gasteiger partial charge in [0.1, 0.15) is 11.6 Å². The fourth-order valence-electron chi connectivity index (χ4n) is 4.26. The minimum absolute atomic E-state index is 0.150. The smallest absolute Gasteiger partial charge is 0.223 e. The van der Waals surface area contributed by atoms with Gasteiger partial charge in [0.05, 0.1) is 17.6 Å². The molecule has 184 valence electrons. The van der Waals surface area contributed by atoms with E-state index in [0.717, 1.165) is 86.6 Å². The van der Waals surface area contributed by atoms with Crippen LogP contribution in [0.2, 0.25) is 5.02 Å². The van der Waals surface area contributed by atoms with Gasteiger partial charge < -0.3 is 14.6 Å². The van der Waals surface area contributed by atoms with Crippen LogP contribution in [0.3, 0.4) is 0 Å². The van der Waals surface area contributed by atoms with Crippen molar-refractivity contribution in [3.8, 4) is 5.75 Å². The van der Waals surface area contributed by atoms with Gasteiger partial charge in [-0.3, -0.25) is 4.79 Å². The number of rotatable bonds is 15. The van der Waals surface area contributed by atoms with Crippen molar-refractivity contribution >= 4 is 28.5 Å². The van der Waals surface area contributed by atoms with Crippen molar-refractivity contribution in [2.45, 2.75) is 71.8 Å². The molecule has 3 aromatic rings. The Bertz CT molecular complexity index is 1010. The number of ether oxygens (including phenoxy) is 1. The molecule has 0 aliphatic heterocycles. The van der Waals surface area contributed by atoms with Crippen LogP contribution >= 0.6 is 11.6 Å². The second-order valence-electron chi connectivity index (χ2n) is 8.79. The van der Waals surface area contributed by atoms with Crippen molar-refractivity contribution in [1.82, 2.24) is 14.9 Å². The van der Waals surface area contributed by atoms with Gasteiger partial charge in [-0.25, -0.2) is 4.98 Å². The van der Waals surface area contributed by atoms with Gasteiger partial charge in [0, 0.05) is 30.5 Å². The van der Waals surface area contributed by atoms with E-state index in [1.165, 1.54) is 5.52 Å². The fraction of sp³-hybridized carbons (Fsp3) is 0.500. The van der Waals surface area contributed by atoms with Crippen molar-refractivity contribution in [3.05, 3.63) is 59.4 Å². The van der Waals surface area contributed by atoms with E-state index in [-0.39, 0.29) is 11.8 Å². The normalized spacial score (nSPS) is 11.3. The molecule has 1 amide bonds. The summed E-state index contributed by atoms with van der Waals surface area (Å²) < 4.78 is 8.20. The lowest BCUT2D eigenvalue weighted by molar-refractivity contribution is -0.125. The van der Waals surface area contributed by atoms with Crippen LogP contribution < -0.4 is 10.1 Å². The zero-order valence-corrected chi connectivity index (χ0v) is 21.3. The summed E-state index contributed by atoms with van der Waals surface area (Å²) in [6.07, 6.45) is 7.95. The average Bonchev–Trinajstić information content (AvgIpc) is 3.20. The number of unbranched alkanes of at least 4 members (excludes halogenated alkanes) is 3. The standard InChI is InChI=1S/C28H38ClN3O2/c1-3-22(4-2)28(33)30-19-9-5-6-14-27-31-25-12-7-8-13-26(25)32(27)20-10-11-21-34-24-17-15-23(29)16-18-24/h7-8,12-13,15-18,22H,3-6,9-11,14,19-21H2,1-2H3,(H,30,33). The molecule has 0 fully saturated rings. The Morgan fingerprint density at radius 2 is 1.76 bits per heavy atom. The first-order chi connectivity index (χ1) is 16.6. The molecule has 0 saturated heterocycles. The van der Waals surface area contributed by atoms with E-state index in [1.54, 1.807) is 0 Å². The molecule has 1 N–H and O–H groups in total. The van der Waals surface area contributed by atoms with E-state index in [2.05, 4.69) is 41.9 Å². The van der Waals surface area contributed by atoms with Gasteiger partial charge in [0.2, 0.25) is 5.91 Å². The van der Waals surface area contributed by atoms with Crippen LogP contribution in [0.15, 0.2) is 48.5 Å². The number of hydrogen-bond donors (Lipinski definition) is 1. The van der Waals surface area contributed by atoms with Crippen LogP contribution in [-0.4, -0.2) is 28.6 Å². The number of benzene rings is 2. The topological polar surface area (TPSA) is 56.2 Å². The number of carbonyl (C=O) groups is 1. The maximum absolute atomic E-state index is 12.1. The van der Waals surface area contributed by atoms with Gasteiger partial charge in [-0.2, -0.15) is 0 Å². The Kier molecular flexibility index (Phi) is 10.7. The molecule has 0 atom stereocenters. The Hall–Kier alpha value is -2.53. The third-order valence-electron chi connectivity index (χ3n) is 6.32. The van der Waals surface area contributed by atoms with Crippen molar-refractivity contribution < 1.29 is 9.53 Å². The van der Waals surface area contributed by atoms with Crippen LogP contribution in [0.4, 0.5) is 0 Å². The SMILES string of the molecule is CCC(CC)C(=O)NCCCCCc1nc2ccccc2n1CCCCOc1ccc(Cl)cc1. The van der Waals surface area contributed by atoms with Gasteiger partial charge in [0.25, 0.3) is 0 Å². The Balaban J connectivity index is 1.44. The number of hydrogen-bond acceptors (Lipinski definition) is 3. The third kappa shape index (κ3) is 7.76. The summed E-state index contributed by atoms with van der Waals surface area (Å²) in [6.45, 7) is 6.54. The summed E-state index contributed by atoms with van der Waals surface area (Å²) in [4.78, 5) is 17.0. The van der Waals surface area contributed by atoms with Gasteiger partial charge in [-0.05, 0) is 74.9 Å². The van der Waals surface area contributed by atoms with Crippen molar-refractivity contribution in [2.75, 3.05) is 13.2 Å². The van der Waals surface area contributed by atoms with E-state index in [9.17, 15) is 4.79 Å². The molecule has 1 heterocycles. The molecular weight excluding hydrogens is 446 g/mol. The molecular formula is C28H38ClN3O2. The van der Waals surface area contributed by atoms with Crippen molar-refractivity contribution in [1.29, 1.82) is 0 Å². The van der Waals surface area contributed by atoms with Gasteiger partial charge in [-0.1, -0.05) is 44.0 Å². The molecule has 34 heavy (non-hydrogen) atoms. The molecule has 2 aromatic carbocycles. The van der Waals surface area contributed by atoms with Gasteiger partial charge in [0.15, 0.2) is 0 Å².